The number of ether oxygens (including phenoxy) is 1. The van der Waals surface area contributed by atoms with E-state index < -0.39 is 5.60 Å². The molecule has 0 radical (unpaired) electrons. The minimum absolute atomic E-state index is 0.00115. The van der Waals surface area contributed by atoms with Crippen LogP contribution in [0.25, 0.3) is 0 Å². The summed E-state index contributed by atoms with van der Waals surface area (Å²) in [5, 5.41) is 10.3. The van der Waals surface area contributed by atoms with Crippen molar-refractivity contribution in [2.24, 2.45) is 5.92 Å². The van der Waals surface area contributed by atoms with Crippen LogP contribution in [-0.2, 0) is 9.53 Å². The summed E-state index contributed by atoms with van der Waals surface area (Å²) in [6.45, 7) is 1.79. The first-order valence-electron chi connectivity index (χ1n) is 6.66. The summed E-state index contributed by atoms with van der Waals surface area (Å²) in [4.78, 5) is 13.9. The zero-order valence-corrected chi connectivity index (χ0v) is 10.7. The van der Waals surface area contributed by atoms with Crippen molar-refractivity contribution in [3.05, 3.63) is 0 Å². The quantitative estimate of drug-likeness (QED) is 0.807. The lowest BCUT2D eigenvalue weighted by Crippen LogP contribution is -2.45. The molecule has 2 rings (SSSR count). The summed E-state index contributed by atoms with van der Waals surface area (Å²) in [7, 11) is 1.80. The van der Waals surface area contributed by atoms with Gasteiger partial charge in [-0.25, -0.2) is 0 Å². The second-order valence-electron chi connectivity index (χ2n) is 5.54. The summed E-state index contributed by atoms with van der Waals surface area (Å²) in [5.41, 5.74) is -0.639. The molecule has 0 aromatic rings. The molecule has 1 heterocycles. The first-order chi connectivity index (χ1) is 8.11. The van der Waals surface area contributed by atoms with Crippen LogP contribution in [0.2, 0.25) is 0 Å². The number of hydrogen-bond acceptors (Lipinski definition) is 3. The van der Waals surface area contributed by atoms with Crippen molar-refractivity contribution in [1.82, 2.24) is 4.90 Å². The highest BCUT2D eigenvalue weighted by Crippen LogP contribution is 2.30. The summed E-state index contributed by atoms with van der Waals surface area (Å²) < 4.78 is 5.34. The van der Waals surface area contributed by atoms with E-state index >= 15 is 0 Å². The zero-order valence-electron chi connectivity index (χ0n) is 10.7. The monoisotopic (exact) mass is 241 g/mol. The van der Waals surface area contributed by atoms with Gasteiger partial charge in [-0.05, 0) is 25.7 Å². The molecule has 0 spiro atoms. The van der Waals surface area contributed by atoms with Crippen molar-refractivity contribution >= 4 is 5.91 Å². The van der Waals surface area contributed by atoms with E-state index in [1.807, 2.05) is 0 Å². The number of nitrogens with zero attached hydrogens (tertiary/aromatic N) is 1. The summed E-state index contributed by atoms with van der Waals surface area (Å²) >= 11 is 0. The van der Waals surface area contributed by atoms with Gasteiger partial charge in [-0.15, -0.1) is 0 Å². The Kier molecular flexibility index (Phi) is 4.05. The molecule has 0 aromatic carbocycles. The summed E-state index contributed by atoms with van der Waals surface area (Å²) in [6, 6.07) is 0. The Morgan fingerprint density at radius 1 is 1.41 bits per heavy atom. The number of likely N-dealkylation sites (N-methyl/N-ethyl adjacent to an activating group) is 1. The maximum absolute atomic E-state index is 12.2. The molecule has 17 heavy (non-hydrogen) atoms. The molecule has 1 aliphatic carbocycles. The molecule has 4 nitrogen and oxygen atoms in total. The molecule has 2 aliphatic rings. The van der Waals surface area contributed by atoms with E-state index in [9.17, 15) is 9.90 Å². The van der Waals surface area contributed by atoms with Crippen molar-refractivity contribution < 1.29 is 14.6 Å². The minimum Gasteiger partial charge on any atom is -0.388 e. The maximum atomic E-state index is 12.2. The summed E-state index contributed by atoms with van der Waals surface area (Å²) in [5.74, 6) is 0.128. The highest BCUT2D eigenvalue weighted by Gasteiger charge is 2.35. The van der Waals surface area contributed by atoms with E-state index in [0.29, 0.717) is 13.2 Å². The van der Waals surface area contributed by atoms with Gasteiger partial charge in [0.2, 0.25) is 5.91 Å². The number of carbonyl (C=O) groups is 1. The van der Waals surface area contributed by atoms with Gasteiger partial charge in [-0.2, -0.15) is 0 Å². The van der Waals surface area contributed by atoms with Gasteiger partial charge in [-0.3, -0.25) is 4.79 Å². The Hall–Kier alpha value is -0.610. The van der Waals surface area contributed by atoms with Crippen LogP contribution in [0.4, 0.5) is 0 Å². The Labute approximate surface area is 103 Å². The molecule has 2 fully saturated rings. The third-order valence-corrected chi connectivity index (χ3v) is 3.95. The molecule has 1 saturated carbocycles. The van der Waals surface area contributed by atoms with E-state index in [2.05, 4.69) is 0 Å². The van der Waals surface area contributed by atoms with E-state index in [1.54, 1.807) is 11.9 Å². The average Bonchev–Trinajstić information content (AvgIpc) is 2.76. The predicted octanol–water partition coefficient (Wildman–Crippen LogP) is 1.18. The van der Waals surface area contributed by atoms with Crippen LogP contribution in [0.5, 0.6) is 0 Å². The van der Waals surface area contributed by atoms with Crippen LogP contribution in [0.1, 0.15) is 38.5 Å². The third-order valence-electron chi connectivity index (χ3n) is 3.95. The van der Waals surface area contributed by atoms with Crippen molar-refractivity contribution in [3.63, 3.8) is 0 Å². The first kappa shape index (κ1) is 12.8. The second kappa shape index (κ2) is 5.36. The van der Waals surface area contributed by atoms with Gasteiger partial charge in [0.25, 0.3) is 0 Å². The molecule has 1 unspecified atom stereocenters. The van der Waals surface area contributed by atoms with Crippen LogP contribution in [-0.4, -0.2) is 48.3 Å². The van der Waals surface area contributed by atoms with Crippen molar-refractivity contribution in [3.8, 4) is 0 Å². The largest absolute Gasteiger partial charge is 0.388 e. The van der Waals surface area contributed by atoms with E-state index in [0.717, 1.165) is 45.1 Å². The molecule has 98 valence electrons. The highest BCUT2D eigenvalue weighted by molar-refractivity contribution is 5.78. The molecule has 0 bridgehead atoms. The Morgan fingerprint density at radius 2 is 2.12 bits per heavy atom. The Balaban J connectivity index is 1.85. The smallest absolute Gasteiger partial charge is 0.227 e. The maximum Gasteiger partial charge on any atom is 0.227 e. The fourth-order valence-corrected chi connectivity index (χ4v) is 2.96. The number of carbonyl (C=O) groups excluding carboxylic acids is 1. The van der Waals surface area contributed by atoms with Gasteiger partial charge < -0.3 is 14.7 Å². The normalized spacial score (nSPS) is 28.0. The van der Waals surface area contributed by atoms with Gasteiger partial charge in [0.15, 0.2) is 0 Å². The Bertz CT molecular complexity index is 268. The van der Waals surface area contributed by atoms with Crippen molar-refractivity contribution in [2.45, 2.75) is 44.1 Å². The molecule has 4 heteroatoms. The minimum atomic E-state index is -0.639. The van der Waals surface area contributed by atoms with Crippen LogP contribution >= 0.6 is 0 Å². The molecule has 1 aliphatic heterocycles. The highest BCUT2D eigenvalue weighted by atomic mass is 16.5. The van der Waals surface area contributed by atoms with Crippen molar-refractivity contribution in [1.29, 1.82) is 0 Å². The molecular formula is C13H23NO3. The Morgan fingerprint density at radius 3 is 2.71 bits per heavy atom. The molecule has 1 N–H and O–H groups in total. The van der Waals surface area contributed by atoms with Crippen LogP contribution in [0.3, 0.4) is 0 Å². The number of aliphatic hydroxyl groups is 1. The molecule has 0 aromatic heterocycles. The molecule has 1 amide bonds. The van der Waals surface area contributed by atoms with Gasteiger partial charge in [0.1, 0.15) is 0 Å². The fraction of sp³-hybridized carbons (Fsp3) is 0.923. The van der Waals surface area contributed by atoms with Gasteiger partial charge in [0.05, 0.1) is 18.1 Å². The van der Waals surface area contributed by atoms with E-state index in [1.165, 1.54) is 0 Å². The predicted molar refractivity (Wildman–Crippen MR) is 64.6 cm³/mol. The lowest BCUT2D eigenvalue weighted by molar-refractivity contribution is -0.141. The molecule has 1 atom stereocenters. The van der Waals surface area contributed by atoms with Gasteiger partial charge in [-0.1, -0.05) is 12.8 Å². The number of rotatable bonds is 3. The SMILES string of the molecule is CN(CC1(O)CCCC1)C(=O)C1CCCOC1. The first-order valence-corrected chi connectivity index (χ1v) is 6.66. The lowest BCUT2D eigenvalue weighted by Gasteiger charge is -2.32. The van der Waals surface area contributed by atoms with E-state index in [-0.39, 0.29) is 11.8 Å². The van der Waals surface area contributed by atoms with E-state index in [4.69, 9.17) is 4.74 Å². The molecular weight excluding hydrogens is 218 g/mol. The zero-order chi connectivity index (χ0) is 12.3. The van der Waals surface area contributed by atoms with Crippen LogP contribution < -0.4 is 0 Å². The van der Waals surface area contributed by atoms with Crippen molar-refractivity contribution in [2.75, 3.05) is 26.8 Å². The summed E-state index contributed by atoms with van der Waals surface area (Å²) in [6.07, 6.45) is 5.68. The standard InChI is InChI=1S/C13H23NO3/c1-14(10-13(16)6-2-3-7-13)12(15)11-5-4-8-17-9-11/h11,16H,2-10H2,1H3. The van der Waals surface area contributed by atoms with Crippen LogP contribution in [0.15, 0.2) is 0 Å². The van der Waals surface area contributed by atoms with Gasteiger partial charge >= 0.3 is 0 Å². The average molecular weight is 241 g/mol. The second-order valence-corrected chi connectivity index (χ2v) is 5.54. The third kappa shape index (κ3) is 3.19. The number of amides is 1. The topological polar surface area (TPSA) is 49.8 Å². The van der Waals surface area contributed by atoms with Gasteiger partial charge in [0, 0.05) is 20.2 Å². The number of hydrogen-bond donors (Lipinski definition) is 1. The fourth-order valence-electron chi connectivity index (χ4n) is 2.96. The molecule has 1 saturated heterocycles. The lowest BCUT2D eigenvalue weighted by atomic mass is 9.98. The van der Waals surface area contributed by atoms with Crippen LogP contribution in [0, 0.1) is 5.92 Å².